The normalized spacial score (nSPS) is 26.1. The lowest BCUT2D eigenvalue weighted by Crippen LogP contribution is -2.17. The Morgan fingerprint density at radius 2 is 2.57 bits per heavy atom. The summed E-state index contributed by atoms with van der Waals surface area (Å²) in [6.45, 7) is 2.66. The molecule has 0 saturated carbocycles. The fraction of sp³-hybridized carbons (Fsp3) is 0.600. The Kier molecular flexibility index (Phi) is 1.32. The van der Waals surface area contributed by atoms with E-state index in [0.717, 1.165) is 6.61 Å². The molecule has 0 aliphatic carbocycles. The van der Waals surface area contributed by atoms with Gasteiger partial charge in [0.2, 0.25) is 6.29 Å². The maximum Gasteiger partial charge on any atom is 0.222 e. The molecule has 0 aromatic rings. The summed E-state index contributed by atoms with van der Waals surface area (Å²) in [6, 6.07) is 0. The number of hydrogen-bond acceptors (Lipinski definition) is 2. The zero-order valence-corrected chi connectivity index (χ0v) is 4.26. The lowest BCUT2D eigenvalue weighted by atomic mass is 10.5. The Labute approximate surface area is 42.7 Å². The van der Waals surface area contributed by atoms with Gasteiger partial charge in [-0.2, -0.15) is 0 Å². The molecule has 2 heteroatoms. The van der Waals surface area contributed by atoms with Crippen LogP contribution in [0.15, 0.2) is 12.3 Å². The van der Waals surface area contributed by atoms with Crippen molar-refractivity contribution in [3.8, 4) is 0 Å². The summed E-state index contributed by atoms with van der Waals surface area (Å²) in [5, 5.41) is 0. The molecule has 0 aromatic heterocycles. The molecule has 0 bridgehead atoms. The van der Waals surface area contributed by atoms with Gasteiger partial charge in [0.25, 0.3) is 0 Å². The van der Waals surface area contributed by atoms with Crippen molar-refractivity contribution in [3.05, 3.63) is 12.3 Å². The monoisotopic (exact) mass is 100 g/mol. The molecule has 1 aliphatic rings. The van der Waals surface area contributed by atoms with Gasteiger partial charge in [-0.15, -0.1) is 0 Å². The Morgan fingerprint density at radius 3 is 2.71 bits per heavy atom. The van der Waals surface area contributed by atoms with Crippen LogP contribution in [0.2, 0.25) is 0 Å². The zero-order valence-electron chi connectivity index (χ0n) is 4.26. The minimum Gasteiger partial charge on any atom is -0.469 e. The fourth-order valence-corrected chi connectivity index (χ4v) is 0.402. The first-order valence-electron chi connectivity index (χ1n) is 2.37. The van der Waals surface area contributed by atoms with Gasteiger partial charge >= 0.3 is 0 Å². The van der Waals surface area contributed by atoms with Gasteiger partial charge in [0.05, 0.1) is 6.26 Å². The first-order chi connectivity index (χ1) is 3.43. The van der Waals surface area contributed by atoms with Crippen molar-refractivity contribution in [2.75, 3.05) is 6.61 Å². The van der Waals surface area contributed by atoms with E-state index in [0.29, 0.717) is 0 Å². The second kappa shape index (κ2) is 1.98. The molecular weight excluding hydrogens is 92.1 g/mol. The topological polar surface area (TPSA) is 18.5 Å². The van der Waals surface area contributed by atoms with Crippen molar-refractivity contribution in [2.45, 2.75) is 13.2 Å². The second-order valence-corrected chi connectivity index (χ2v) is 1.29. The molecule has 1 rings (SSSR count). The van der Waals surface area contributed by atoms with Crippen LogP contribution >= 0.6 is 0 Å². The Balaban J connectivity index is 2.06. The van der Waals surface area contributed by atoms with Crippen molar-refractivity contribution in [1.29, 1.82) is 0 Å². The minimum atomic E-state index is -0.0509. The van der Waals surface area contributed by atoms with Gasteiger partial charge in [0, 0.05) is 12.7 Å². The highest BCUT2D eigenvalue weighted by Gasteiger charge is 2.07. The third kappa shape index (κ3) is 0.933. The Bertz CT molecular complexity index is 78.1. The maximum atomic E-state index is 4.97. The Hall–Kier alpha value is -0.500. The molecule has 1 unspecified atom stereocenters. The quantitative estimate of drug-likeness (QED) is 0.513. The van der Waals surface area contributed by atoms with Gasteiger partial charge in [0.15, 0.2) is 0 Å². The van der Waals surface area contributed by atoms with Crippen molar-refractivity contribution in [1.82, 2.24) is 0 Å². The van der Waals surface area contributed by atoms with E-state index in [2.05, 4.69) is 0 Å². The Morgan fingerprint density at radius 1 is 1.86 bits per heavy atom. The molecule has 0 aromatic carbocycles. The third-order valence-electron chi connectivity index (χ3n) is 0.779. The molecule has 1 atom stereocenters. The van der Waals surface area contributed by atoms with Gasteiger partial charge in [-0.25, -0.2) is 0 Å². The summed E-state index contributed by atoms with van der Waals surface area (Å²) in [7, 11) is 0. The SMILES string of the molecule is CCOC1C=CO1. The summed E-state index contributed by atoms with van der Waals surface area (Å²) in [5.74, 6) is 0. The third-order valence-corrected chi connectivity index (χ3v) is 0.779. The molecular formula is C5H8O2. The molecule has 0 fully saturated rings. The van der Waals surface area contributed by atoms with E-state index in [4.69, 9.17) is 9.47 Å². The summed E-state index contributed by atoms with van der Waals surface area (Å²) in [4.78, 5) is 0. The van der Waals surface area contributed by atoms with E-state index in [-0.39, 0.29) is 6.29 Å². The van der Waals surface area contributed by atoms with Gasteiger partial charge in [-0.3, -0.25) is 0 Å². The fourth-order valence-electron chi connectivity index (χ4n) is 0.402. The number of ether oxygens (including phenoxy) is 2. The van der Waals surface area contributed by atoms with Gasteiger partial charge in [-0.05, 0) is 6.92 Å². The molecule has 0 saturated heterocycles. The van der Waals surface area contributed by atoms with Crippen molar-refractivity contribution in [3.63, 3.8) is 0 Å². The van der Waals surface area contributed by atoms with E-state index in [9.17, 15) is 0 Å². The summed E-state index contributed by atoms with van der Waals surface area (Å²) < 4.78 is 9.74. The van der Waals surface area contributed by atoms with Gasteiger partial charge in [-0.1, -0.05) is 0 Å². The highest BCUT2D eigenvalue weighted by Crippen LogP contribution is 2.06. The standard InChI is InChI=1S/C5H8O2/c1-2-6-5-3-4-7-5/h3-5H,2H2,1H3. The van der Waals surface area contributed by atoms with Crippen LogP contribution in [0.1, 0.15) is 6.92 Å². The molecule has 2 nitrogen and oxygen atoms in total. The molecule has 0 amide bonds. The van der Waals surface area contributed by atoms with E-state index >= 15 is 0 Å². The van der Waals surface area contributed by atoms with E-state index in [1.807, 2.05) is 13.0 Å². The first-order valence-corrected chi connectivity index (χ1v) is 2.37. The molecule has 1 aliphatic heterocycles. The van der Waals surface area contributed by atoms with Crippen LogP contribution in [0.25, 0.3) is 0 Å². The van der Waals surface area contributed by atoms with Crippen molar-refractivity contribution >= 4 is 0 Å². The van der Waals surface area contributed by atoms with Gasteiger partial charge in [0.1, 0.15) is 0 Å². The molecule has 1 heterocycles. The number of rotatable bonds is 2. The predicted octanol–water partition coefficient (Wildman–Crippen LogP) is 0.893. The van der Waals surface area contributed by atoms with Crippen LogP contribution in [0, 0.1) is 0 Å². The predicted molar refractivity (Wildman–Crippen MR) is 25.6 cm³/mol. The van der Waals surface area contributed by atoms with Crippen LogP contribution in [-0.2, 0) is 9.47 Å². The smallest absolute Gasteiger partial charge is 0.222 e. The van der Waals surface area contributed by atoms with Crippen LogP contribution < -0.4 is 0 Å². The molecule has 0 radical (unpaired) electrons. The van der Waals surface area contributed by atoms with Crippen LogP contribution in [-0.4, -0.2) is 12.9 Å². The van der Waals surface area contributed by atoms with Crippen LogP contribution in [0.4, 0.5) is 0 Å². The molecule has 7 heavy (non-hydrogen) atoms. The average Bonchev–Trinajstić information content (AvgIpc) is 1.55. The number of hydrogen-bond donors (Lipinski definition) is 0. The molecule has 0 N–H and O–H groups in total. The largest absolute Gasteiger partial charge is 0.469 e. The lowest BCUT2D eigenvalue weighted by molar-refractivity contribution is -0.0952. The van der Waals surface area contributed by atoms with Crippen molar-refractivity contribution in [2.24, 2.45) is 0 Å². The lowest BCUT2D eigenvalue weighted by Gasteiger charge is -2.18. The molecule has 40 valence electrons. The molecule has 0 spiro atoms. The summed E-state index contributed by atoms with van der Waals surface area (Å²) in [5.41, 5.74) is 0. The van der Waals surface area contributed by atoms with E-state index in [1.165, 1.54) is 0 Å². The average molecular weight is 100 g/mol. The maximum absolute atomic E-state index is 4.97. The minimum absolute atomic E-state index is 0.0509. The van der Waals surface area contributed by atoms with Crippen LogP contribution in [0.5, 0.6) is 0 Å². The highest BCUT2D eigenvalue weighted by atomic mass is 16.7. The van der Waals surface area contributed by atoms with Gasteiger partial charge < -0.3 is 9.47 Å². The van der Waals surface area contributed by atoms with E-state index < -0.39 is 0 Å². The summed E-state index contributed by atoms with van der Waals surface area (Å²) in [6.07, 6.45) is 3.44. The van der Waals surface area contributed by atoms with Crippen LogP contribution in [0.3, 0.4) is 0 Å². The van der Waals surface area contributed by atoms with E-state index in [1.54, 1.807) is 6.26 Å². The first kappa shape index (κ1) is 4.65. The zero-order chi connectivity index (χ0) is 5.11. The summed E-state index contributed by atoms with van der Waals surface area (Å²) >= 11 is 0. The second-order valence-electron chi connectivity index (χ2n) is 1.29. The van der Waals surface area contributed by atoms with Crippen molar-refractivity contribution < 1.29 is 9.47 Å². The highest BCUT2D eigenvalue weighted by molar-refractivity contribution is 4.88.